The van der Waals surface area contributed by atoms with Crippen LogP contribution in [0.1, 0.15) is 67.8 Å². The van der Waals surface area contributed by atoms with Crippen LogP contribution in [0.5, 0.6) is 5.75 Å². The standard InChI is InChI=1S/C25H33N3O5/c1-25(14-32-15-25)13-26-19-5-3-2-4-6-21(19)33-17-7-8-18-16(11-17)12-28(24(18)31)20-9-10-22(29)27-23(20)30/h7-8,11,19-21,26H,2-6,9-10,12-15H2,1H3,(H,27,29,30)/p+1/t19-,20?,21-/m0/s1. The van der Waals surface area contributed by atoms with Gasteiger partial charge in [-0.05, 0) is 49.4 Å². The Morgan fingerprint density at radius 1 is 1.21 bits per heavy atom. The predicted octanol–water partition coefficient (Wildman–Crippen LogP) is 1.07. The molecule has 33 heavy (non-hydrogen) atoms. The van der Waals surface area contributed by atoms with Crippen molar-refractivity contribution in [3.05, 3.63) is 29.3 Å². The molecule has 2 fully saturated rings. The Balaban J connectivity index is 1.28. The number of ether oxygens (including phenoxy) is 2. The fourth-order valence-corrected chi connectivity index (χ4v) is 5.39. The number of rotatable bonds is 6. The number of nitrogens with one attached hydrogen (secondary N) is 2. The number of carbonyl (C=O) groups excluding carboxylic acids is 2. The van der Waals surface area contributed by atoms with Gasteiger partial charge in [0, 0.05) is 30.1 Å². The number of carbonyl (C=O) groups is 2. The molecule has 3 aliphatic heterocycles. The number of aliphatic hydroxyl groups excluding tert-OH is 1. The van der Waals surface area contributed by atoms with Gasteiger partial charge in [-0.15, -0.1) is 4.99 Å². The Kier molecular flexibility index (Phi) is 6.14. The first-order chi connectivity index (χ1) is 15.9. The number of benzene rings is 1. The van der Waals surface area contributed by atoms with Crippen molar-refractivity contribution in [1.29, 1.82) is 0 Å². The van der Waals surface area contributed by atoms with Gasteiger partial charge >= 0.3 is 11.8 Å². The topological polar surface area (TPSA) is 102 Å². The zero-order valence-electron chi connectivity index (χ0n) is 19.3. The lowest BCUT2D eigenvalue weighted by Gasteiger charge is -2.40. The van der Waals surface area contributed by atoms with E-state index in [9.17, 15) is 14.7 Å². The fraction of sp³-hybridized carbons (Fsp3) is 0.640. The van der Waals surface area contributed by atoms with Gasteiger partial charge in [-0.2, -0.15) is 0 Å². The first kappa shape index (κ1) is 22.3. The summed E-state index contributed by atoms with van der Waals surface area (Å²) in [7, 11) is 0. The summed E-state index contributed by atoms with van der Waals surface area (Å²) in [5.41, 5.74) is 1.76. The highest BCUT2D eigenvalue weighted by atomic mass is 16.5. The van der Waals surface area contributed by atoms with Crippen molar-refractivity contribution in [3.63, 3.8) is 0 Å². The molecule has 3 atom stereocenters. The Morgan fingerprint density at radius 2 is 2.03 bits per heavy atom. The van der Waals surface area contributed by atoms with Crippen LogP contribution in [0, 0.1) is 5.41 Å². The van der Waals surface area contributed by atoms with Gasteiger partial charge in [-0.25, -0.2) is 4.79 Å². The smallest absolute Gasteiger partial charge is 0.388 e. The van der Waals surface area contributed by atoms with Crippen molar-refractivity contribution >= 4 is 17.7 Å². The quantitative estimate of drug-likeness (QED) is 0.554. The Morgan fingerprint density at radius 3 is 2.79 bits per heavy atom. The number of amides is 2. The maximum atomic E-state index is 13.0. The average Bonchev–Trinajstić information content (AvgIpc) is 2.93. The van der Waals surface area contributed by atoms with E-state index in [2.05, 4.69) is 17.2 Å². The summed E-state index contributed by atoms with van der Waals surface area (Å²) < 4.78 is 11.9. The summed E-state index contributed by atoms with van der Waals surface area (Å²) >= 11 is 0. The van der Waals surface area contributed by atoms with Crippen LogP contribution in [0.3, 0.4) is 0 Å². The summed E-state index contributed by atoms with van der Waals surface area (Å²) in [5.74, 6) is 0.315. The van der Waals surface area contributed by atoms with E-state index in [0.29, 0.717) is 31.0 Å². The molecular weight excluding hydrogens is 422 g/mol. The molecule has 0 spiro atoms. The van der Waals surface area contributed by atoms with Crippen molar-refractivity contribution in [2.75, 3.05) is 19.8 Å². The van der Waals surface area contributed by atoms with Crippen molar-refractivity contribution in [1.82, 2.24) is 10.2 Å². The van der Waals surface area contributed by atoms with Crippen molar-refractivity contribution < 1.29 is 29.2 Å². The lowest BCUT2D eigenvalue weighted by Crippen LogP contribution is -2.82. The van der Waals surface area contributed by atoms with Crippen LogP contribution in [0.25, 0.3) is 0 Å². The largest absolute Gasteiger partial charge is 0.489 e. The second kappa shape index (κ2) is 9.06. The number of fused-ring (bicyclic) bond motifs is 1. The summed E-state index contributed by atoms with van der Waals surface area (Å²) in [4.78, 5) is 28.6. The molecule has 8 nitrogen and oxygen atoms in total. The molecule has 1 saturated heterocycles. The first-order valence-electron chi connectivity index (χ1n) is 12.2. The zero-order chi connectivity index (χ0) is 23.0. The van der Waals surface area contributed by atoms with E-state index < -0.39 is 6.04 Å². The number of hydrogen-bond acceptors (Lipinski definition) is 5. The van der Waals surface area contributed by atoms with Gasteiger partial charge in [0.1, 0.15) is 11.9 Å². The molecule has 178 valence electrons. The van der Waals surface area contributed by atoms with Crippen molar-refractivity contribution in [2.45, 2.75) is 76.6 Å². The summed E-state index contributed by atoms with van der Waals surface area (Å²) in [6.45, 7) is 5.21. The Hall–Kier alpha value is -2.45. The van der Waals surface area contributed by atoms with E-state index in [0.717, 1.165) is 50.3 Å². The highest BCUT2D eigenvalue weighted by Crippen LogP contribution is 2.32. The lowest BCUT2D eigenvalue weighted by atomic mass is 9.88. The number of hydrogen-bond donors (Lipinski definition) is 3. The molecule has 1 aromatic rings. The van der Waals surface area contributed by atoms with E-state index in [1.807, 2.05) is 18.2 Å². The molecule has 0 aromatic heterocycles. The summed E-state index contributed by atoms with van der Waals surface area (Å²) in [6, 6.07) is 5.50. The third-order valence-corrected chi connectivity index (χ3v) is 7.44. The molecule has 0 bridgehead atoms. The molecule has 2 amide bonds. The molecule has 1 aromatic carbocycles. The summed E-state index contributed by atoms with van der Waals surface area (Å²) in [5, 5.41) is 14.0. The molecule has 4 aliphatic rings. The predicted molar refractivity (Wildman–Crippen MR) is 121 cm³/mol. The van der Waals surface area contributed by atoms with Gasteiger partial charge < -0.3 is 24.8 Å². The molecule has 3 heterocycles. The maximum absolute atomic E-state index is 13.0. The second-order valence-corrected chi connectivity index (χ2v) is 10.3. The zero-order valence-corrected chi connectivity index (χ0v) is 19.3. The van der Waals surface area contributed by atoms with Crippen molar-refractivity contribution in [3.8, 4) is 5.75 Å². The van der Waals surface area contributed by atoms with Crippen LogP contribution in [0.2, 0.25) is 0 Å². The minimum Gasteiger partial charge on any atom is -0.489 e. The first-order valence-corrected chi connectivity index (χ1v) is 12.2. The number of nitrogens with zero attached hydrogens (tertiary/aromatic N) is 1. The molecule has 8 heteroatoms. The van der Waals surface area contributed by atoms with E-state index >= 15 is 0 Å². The van der Waals surface area contributed by atoms with E-state index in [-0.39, 0.29) is 29.2 Å². The maximum Gasteiger partial charge on any atom is 0.388 e. The number of aliphatic hydroxyl groups is 1. The van der Waals surface area contributed by atoms with Gasteiger partial charge in [-0.1, -0.05) is 19.8 Å². The lowest BCUT2D eigenvalue weighted by molar-refractivity contribution is -0.394. The minimum atomic E-state index is -0.487. The van der Waals surface area contributed by atoms with Gasteiger partial charge in [0.25, 0.3) is 5.91 Å². The van der Waals surface area contributed by atoms with Crippen molar-refractivity contribution in [2.24, 2.45) is 5.41 Å². The van der Waals surface area contributed by atoms with Gasteiger partial charge in [-0.3, -0.25) is 4.79 Å². The summed E-state index contributed by atoms with van der Waals surface area (Å²) in [6.07, 6.45) is 6.52. The molecule has 1 aliphatic carbocycles. The van der Waals surface area contributed by atoms with Gasteiger partial charge in [0.15, 0.2) is 6.04 Å². The van der Waals surface area contributed by atoms with Crippen LogP contribution in [0.15, 0.2) is 18.2 Å². The third-order valence-electron chi connectivity index (χ3n) is 7.44. The highest BCUT2D eigenvalue weighted by molar-refractivity contribution is 6.01. The second-order valence-electron chi connectivity index (χ2n) is 10.3. The Labute approximate surface area is 194 Å². The highest BCUT2D eigenvalue weighted by Gasteiger charge is 2.41. The van der Waals surface area contributed by atoms with Crippen LogP contribution in [0.4, 0.5) is 0 Å². The van der Waals surface area contributed by atoms with Crippen LogP contribution >= 0.6 is 0 Å². The van der Waals surface area contributed by atoms with Crippen LogP contribution in [-0.4, -0.2) is 65.7 Å². The normalized spacial score (nSPS) is 29.2. The van der Waals surface area contributed by atoms with E-state index in [1.54, 1.807) is 4.90 Å². The molecular formula is C25H34N3O5+. The third kappa shape index (κ3) is 4.64. The fourth-order valence-electron chi connectivity index (χ4n) is 5.39. The van der Waals surface area contributed by atoms with Gasteiger partial charge in [0.05, 0.1) is 19.6 Å². The molecule has 5 rings (SSSR count). The Bertz CT molecular complexity index is 957. The van der Waals surface area contributed by atoms with Crippen LogP contribution < -0.4 is 15.0 Å². The molecule has 1 saturated carbocycles. The SMILES string of the molecule is CC1(CN[C@H]2CCCCC[C@@H]2Oc2ccc3c(c2)CN(C2CCC(=O)[NH+]=C2O)C3=O)COC1. The van der Waals surface area contributed by atoms with E-state index in [1.165, 1.54) is 12.8 Å². The molecule has 3 N–H and O–H groups in total. The van der Waals surface area contributed by atoms with Crippen LogP contribution in [-0.2, 0) is 16.1 Å². The monoisotopic (exact) mass is 456 g/mol. The van der Waals surface area contributed by atoms with E-state index in [4.69, 9.17) is 9.47 Å². The average molecular weight is 457 g/mol. The van der Waals surface area contributed by atoms with Gasteiger partial charge in [0.2, 0.25) is 0 Å². The molecule has 0 radical (unpaired) electrons. The minimum absolute atomic E-state index is 0.0919. The molecule has 1 unspecified atom stereocenters.